The van der Waals surface area contributed by atoms with Gasteiger partial charge in [-0.15, -0.1) is 11.3 Å². The van der Waals surface area contributed by atoms with Gasteiger partial charge in [0.05, 0.1) is 11.3 Å². The molecule has 29 heavy (non-hydrogen) atoms. The Hall–Kier alpha value is -3.40. The van der Waals surface area contributed by atoms with Crippen molar-refractivity contribution in [2.24, 2.45) is 0 Å². The number of hydrogen-bond acceptors (Lipinski definition) is 7. The topological polar surface area (TPSA) is 116 Å². The van der Waals surface area contributed by atoms with Gasteiger partial charge in [0, 0.05) is 17.0 Å². The number of carbonyl (C=O) groups is 1. The highest BCUT2D eigenvalue weighted by atomic mass is 32.2. The van der Waals surface area contributed by atoms with Crippen LogP contribution in [0.15, 0.2) is 46.8 Å². The number of pyridine rings is 1. The molecule has 3 rings (SSSR count). The van der Waals surface area contributed by atoms with Crippen LogP contribution in [-0.2, 0) is 11.3 Å². The van der Waals surface area contributed by atoms with E-state index in [0.29, 0.717) is 10.6 Å². The first-order valence-electron chi connectivity index (χ1n) is 8.35. The van der Waals surface area contributed by atoms with E-state index in [1.165, 1.54) is 23.5 Å². The fourth-order valence-corrected chi connectivity index (χ4v) is 4.17. The first kappa shape index (κ1) is 20.3. The van der Waals surface area contributed by atoms with Crippen molar-refractivity contribution < 1.29 is 9.18 Å². The minimum Gasteiger partial charge on any atom is -0.383 e. The fourth-order valence-electron chi connectivity index (χ4n) is 2.56. The molecular formula is C20H14FN5OS2. The van der Waals surface area contributed by atoms with Crippen LogP contribution in [0.5, 0.6) is 0 Å². The molecule has 0 aliphatic heterocycles. The average molecular weight is 423 g/mol. The first-order chi connectivity index (χ1) is 14.0. The van der Waals surface area contributed by atoms with E-state index in [0.717, 1.165) is 22.2 Å². The average Bonchev–Trinajstić information content (AvgIpc) is 3.25. The lowest BCUT2D eigenvalue weighted by Crippen LogP contribution is -2.24. The molecule has 0 atom stereocenters. The number of hydrogen-bond donors (Lipinski definition) is 2. The molecule has 0 saturated heterocycles. The van der Waals surface area contributed by atoms with Gasteiger partial charge in [-0.1, -0.05) is 30.0 Å². The van der Waals surface area contributed by atoms with E-state index in [4.69, 9.17) is 5.73 Å². The monoisotopic (exact) mass is 423 g/mol. The highest BCUT2D eigenvalue weighted by Gasteiger charge is 2.21. The van der Waals surface area contributed by atoms with Gasteiger partial charge in [0.25, 0.3) is 0 Å². The predicted molar refractivity (Wildman–Crippen MR) is 110 cm³/mol. The van der Waals surface area contributed by atoms with E-state index in [1.807, 2.05) is 17.5 Å². The maximum absolute atomic E-state index is 12.9. The third kappa shape index (κ3) is 4.72. The number of thiophene rings is 1. The molecule has 0 radical (unpaired) electrons. The number of carbonyl (C=O) groups excluding carboxylic acids is 1. The number of halogens is 1. The van der Waals surface area contributed by atoms with Crippen molar-refractivity contribution >= 4 is 34.8 Å². The van der Waals surface area contributed by atoms with Gasteiger partial charge in [-0.05, 0) is 29.1 Å². The first-order valence-corrected chi connectivity index (χ1v) is 10.2. The van der Waals surface area contributed by atoms with Crippen molar-refractivity contribution in [2.45, 2.75) is 11.6 Å². The smallest absolute Gasteiger partial charge is 0.230 e. The molecule has 0 aliphatic rings. The summed E-state index contributed by atoms with van der Waals surface area (Å²) in [5.41, 5.74) is 7.50. The van der Waals surface area contributed by atoms with Crippen molar-refractivity contribution in [3.8, 4) is 22.6 Å². The lowest BCUT2D eigenvalue weighted by Gasteiger charge is -2.11. The number of nitrogens with one attached hydrogen (secondary N) is 1. The highest BCUT2D eigenvalue weighted by molar-refractivity contribution is 8.00. The van der Waals surface area contributed by atoms with Crippen molar-refractivity contribution in [3.63, 3.8) is 0 Å². The van der Waals surface area contributed by atoms with Crippen molar-refractivity contribution in [3.05, 3.63) is 64.3 Å². The Morgan fingerprint density at radius 1 is 1.21 bits per heavy atom. The zero-order valence-electron chi connectivity index (χ0n) is 15.0. The SMILES string of the molecule is N#Cc1c(N)nc(SCC(=O)NCc2ccc(F)cc2)c(C#N)c1-c1cccs1. The summed E-state index contributed by atoms with van der Waals surface area (Å²) in [5, 5.41) is 24.0. The Bertz CT molecular complexity index is 1120. The third-order valence-corrected chi connectivity index (χ3v) is 5.79. The number of anilines is 1. The van der Waals surface area contributed by atoms with Crippen LogP contribution in [0.4, 0.5) is 10.2 Å². The second kappa shape index (κ2) is 9.20. The predicted octanol–water partition coefficient (Wildman–Crippen LogP) is 3.68. The van der Waals surface area contributed by atoms with Gasteiger partial charge in [0.2, 0.25) is 5.91 Å². The number of nitrogen functional groups attached to an aromatic ring is 1. The Morgan fingerprint density at radius 2 is 1.93 bits per heavy atom. The molecule has 6 nitrogen and oxygen atoms in total. The molecule has 1 amide bonds. The molecule has 0 fully saturated rings. The van der Waals surface area contributed by atoms with Crippen LogP contribution >= 0.6 is 23.1 Å². The number of rotatable bonds is 6. The van der Waals surface area contributed by atoms with Crippen molar-refractivity contribution in [1.29, 1.82) is 10.5 Å². The van der Waals surface area contributed by atoms with Crippen LogP contribution in [0, 0.1) is 28.5 Å². The van der Waals surface area contributed by atoms with Crippen LogP contribution in [0.25, 0.3) is 10.4 Å². The van der Waals surface area contributed by atoms with Crippen LogP contribution in [0.3, 0.4) is 0 Å². The molecule has 0 saturated carbocycles. The number of thioether (sulfide) groups is 1. The molecule has 0 spiro atoms. The second-order valence-corrected chi connectivity index (χ2v) is 7.73. The van der Waals surface area contributed by atoms with Gasteiger partial charge < -0.3 is 11.1 Å². The molecule has 0 bridgehead atoms. The van der Waals surface area contributed by atoms with Crippen LogP contribution in [-0.4, -0.2) is 16.6 Å². The quantitative estimate of drug-likeness (QED) is 0.584. The number of amides is 1. The van der Waals surface area contributed by atoms with Gasteiger partial charge in [0.1, 0.15) is 34.4 Å². The maximum atomic E-state index is 12.9. The van der Waals surface area contributed by atoms with Crippen LogP contribution in [0.1, 0.15) is 16.7 Å². The normalized spacial score (nSPS) is 10.2. The number of nitrogens with two attached hydrogens (primary N) is 1. The van der Waals surface area contributed by atoms with Gasteiger partial charge >= 0.3 is 0 Å². The van der Waals surface area contributed by atoms with Gasteiger partial charge in [-0.2, -0.15) is 10.5 Å². The molecule has 3 N–H and O–H groups in total. The summed E-state index contributed by atoms with van der Waals surface area (Å²) in [7, 11) is 0. The van der Waals surface area contributed by atoms with E-state index in [1.54, 1.807) is 18.2 Å². The van der Waals surface area contributed by atoms with E-state index in [2.05, 4.69) is 16.4 Å². The number of aromatic nitrogens is 1. The number of nitriles is 2. The fraction of sp³-hybridized carbons (Fsp3) is 0.100. The van der Waals surface area contributed by atoms with Crippen LogP contribution in [0.2, 0.25) is 0 Å². The maximum Gasteiger partial charge on any atom is 0.230 e. The lowest BCUT2D eigenvalue weighted by atomic mass is 10.0. The molecule has 2 aromatic heterocycles. The molecule has 0 aliphatic carbocycles. The van der Waals surface area contributed by atoms with Gasteiger partial charge in [-0.25, -0.2) is 9.37 Å². The molecule has 9 heteroatoms. The van der Waals surface area contributed by atoms with Crippen molar-refractivity contribution in [1.82, 2.24) is 10.3 Å². The molecule has 3 aromatic rings. The minimum atomic E-state index is -0.342. The molecule has 2 heterocycles. The number of nitrogens with zero attached hydrogens (tertiary/aromatic N) is 3. The zero-order chi connectivity index (χ0) is 20.8. The Kier molecular flexibility index (Phi) is 6.45. The largest absolute Gasteiger partial charge is 0.383 e. The summed E-state index contributed by atoms with van der Waals surface area (Å²) < 4.78 is 12.9. The van der Waals surface area contributed by atoms with E-state index in [9.17, 15) is 19.7 Å². The molecular weight excluding hydrogens is 409 g/mol. The summed E-state index contributed by atoms with van der Waals surface area (Å²) in [6, 6.07) is 13.5. The zero-order valence-corrected chi connectivity index (χ0v) is 16.6. The molecule has 144 valence electrons. The lowest BCUT2D eigenvalue weighted by molar-refractivity contribution is -0.118. The summed E-state index contributed by atoms with van der Waals surface area (Å²) in [4.78, 5) is 17.1. The Morgan fingerprint density at radius 3 is 2.55 bits per heavy atom. The van der Waals surface area contributed by atoms with E-state index < -0.39 is 0 Å². The van der Waals surface area contributed by atoms with Crippen molar-refractivity contribution in [2.75, 3.05) is 11.5 Å². The Labute approximate surface area is 174 Å². The third-order valence-electron chi connectivity index (χ3n) is 3.93. The van der Waals surface area contributed by atoms with E-state index >= 15 is 0 Å². The van der Waals surface area contributed by atoms with Crippen LogP contribution < -0.4 is 11.1 Å². The Balaban J connectivity index is 1.77. The summed E-state index contributed by atoms with van der Waals surface area (Å²) in [6.07, 6.45) is 0. The second-order valence-electron chi connectivity index (χ2n) is 5.82. The van der Waals surface area contributed by atoms with E-state index in [-0.39, 0.29) is 41.0 Å². The molecule has 1 aromatic carbocycles. The summed E-state index contributed by atoms with van der Waals surface area (Å²) in [5.74, 6) is -0.585. The molecule has 0 unspecified atom stereocenters. The standard InChI is InChI=1S/C20H14FN5OS2/c21-13-5-3-12(4-6-13)10-25-17(27)11-29-20-15(9-23)18(16-2-1-7-28-16)14(8-22)19(24)26-20/h1-7H,10-11H2,(H2,24,26)(H,25,27). The minimum absolute atomic E-state index is 0.0120. The summed E-state index contributed by atoms with van der Waals surface area (Å²) >= 11 is 2.45. The summed E-state index contributed by atoms with van der Waals surface area (Å²) in [6.45, 7) is 0.258. The highest BCUT2D eigenvalue weighted by Crippen LogP contribution is 2.37. The number of benzene rings is 1. The van der Waals surface area contributed by atoms with Gasteiger partial charge in [-0.3, -0.25) is 4.79 Å². The van der Waals surface area contributed by atoms with Gasteiger partial charge in [0.15, 0.2) is 0 Å².